The standard InChI is InChI=1S/C27H27N5O/c1-18-15-19(2)29-27(28-18)32-20(3)16-24(30-32)26(33)31-14-13-22-11-7-8-12-23(22)25(31)17-21-9-5-4-6-10-21/h4-12,15-16,25H,13-14,17H2,1-3H3. The summed E-state index contributed by atoms with van der Waals surface area (Å²) in [6.45, 7) is 6.46. The minimum Gasteiger partial charge on any atom is -0.330 e. The SMILES string of the molecule is Cc1cc(C)nc(-n2nc(C(=O)N3CCc4ccccc4C3Cc3ccccc3)cc2C)n1. The molecule has 1 amide bonds. The van der Waals surface area contributed by atoms with Crippen LogP contribution in [0.3, 0.4) is 0 Å². The number of rotatable bonds is 4. The fourth-order valence-electron chi connectivity index (χ4n) is 4.68. The first-order valence-electron chi connectivity index (χ1n) is 11.3. The lowest BCUT2D eigenvalue weighted by Crippen LogP contribution is -2.41. The number of amides is 1. The van der Waals surface area contributed by atoms with Crippen LogP contribution >= 0.6 is 0 Å². The molecule has 166 valence electrons. The third-order valence-corrected chi connectivity index (χ3v) is 6.21. The van der Waals surface area contributed by atoms with E-state index in [-0.39, 0.29) is 11.9 Å². The van der Waals surface area contributed by atoms with Gasteiger partial charge in [-0.1, -0.05) is 54.6 Å². The van der Waals surface area contributed by atoms with Crippen LogP contribution < -0.4 is 0 Å². The number of benzene rings is 2. The van der Waals surface area contributed by atoms with Gasteiger partial charge in [0, 0.05) is 23.6 Å². The lowest BCUT2D eigenvalue weighted by Gasteiger charge is -2.37. The van der Waals surface area contributed by atoms with E-state index in [0.717, 1.165) is 29.9 Å². The molecule has 0 fully saturated rings. The van der Waals surface area contributed by atoms with E-state index in [1.165, 1.54) is 16.7 Å². The Hall–Kier alpha value is -3.80. The summed E-state index contributed by atoms with van der Waals surface area (Å²) in [6, 6.07) is 22.5. The molecule has 1 aliphatic heterocycles. The van der Waals surface area contributed by atoms with Crippen molar-refractivity contribution in [1.82, 2.24) is 24.6 Å². The van der Waals surface area contributed by atoms with Gasteiger partial charge >= 0.3 is 0 Å². The van der Waals surface area contributed by atoms with Crippen LogP contribution in [0, 0.1) is 20.8 Å². The molecule has 5 rings (SSSR count). The maximum Gasteiger partial charge on any atom is 0.274 e. The molecule has 1 aliphatic rings. The van der Waals surface area contributed by atoms with Crippen molar-refractivity contribution < 1.29 is 4.79 Å². The average Bonchev–Trinajstić information content (AvgIpc) is 3.20. The van der Waals surface area contributed by atoms with Crippen molar-refractivity contribution in [2.45, 2.75) is 39.7 Å². The number of carbonyl (C=O) groups excluding carboxylic acids is 1. The molecule has 1 unspecified atom stereocenters. The highest BCUT2D eigenvalue weighted by molar-refractivity contribution is 5.93. The summed E-state index contributed by atoms with van der Waals surface area (Å²) in [7, 11) is 0. The predicted molar refractivity (Wildman–Crippen MR) is 127 cm³/mol. The van der Waals surface area contributed by atoms with Gasteiger partial charge in [0.15, 0.2) is 5.69 Å². The van der Waals surface area contributed by atoms with Crippen LogP contribution in [0.25, 0.3) is 5.95 Å². The first-order chi connectivity index (χ1) is 16.0. The van der Waals surface area contributed by atoms with E-state index in [1.807, 2.05) is 56.0 Å². The van der Waals surface area contributed by atoms with Gasteiger partial charge in [0.1, 0.15) is 0 Å². The zero-order chi connectivity index (χ0) is 22.9. The molecule has 3 heterocycles. The average molecular weight is 438 g/mol. The van der Waals surface area contributed by atoms with Crippen molar-refractivity contribution in [3.63, 3.8) is 0 Å². The van der Waals surface area contributed by atoms with Crippen LogP contribution in [0.5, 0.6) is 0 Å². The Morgan fingerprint density at radius 2 is 1.64 bits per heavy atom. The molecule has 0 aliphatic carbocycles. The molecule has 0 spiro atoms. The second-order valence-electron chi connectivity index (χ2n) is 8.69. The molecular weight excluding hydrogens is 410 g/mol. The van der Waals surface area contributed by atoms with Crippen LogP contribution in [-0.2, 0) is 12.8 Å². The quantitative estimate of drug-likeness (QED) is 0.469. The van der Waals surface area contributed by atoms with Crippen molar-refractivity contribution in [2.75, 3.05) is 6.54 Å². The van der Waals surface area contributed by atoms with Gasteiger partial charge in [-0.2, -0.15) is 5.10 Å². The molecule has 1 atom stereocenters. The van der Waals surface area contributed by atoms with Crippen LogP contribution in [0.2, 0.25) is 0 Å². The predicted octanol–water partition coefficient (Wildman–Crippen LogP) is 4.57. The smallest absolute Gasteiger partial charge is 0.274 e. The van der Waals surface area contributed by atoms with Crippen molar-refractivity contribution in [1.29, 1.82) is 0 Å². The Labute approximate surface area is 193 Å². The van der Waals surface area contributed by atoms with E-state index >= 15 is 0 Å². The molecule has 0 bridgehead atoms. The summed E-state index contributed by atoms with van der Waals surface area (Å²) >= 11 is 0. The molecule has 6 heteroatoms. The lowest BCUT2D eigenvalue weighted by atomic mass is 9.88. The topological polar surface area (TPSA) is 63.9 Å². The maximum atomic E-state index is 13.8. The number of aromatic nitrogens is 4. The Morgan fingerprint density at radius 1 is 0.939 bits per heavy atom. The number of nitrogens with zero attached hydrogens (tertiary/aromatic N) is 5. The van der Waals surface area contributed by atoms with E-state index in [2.05, 4.69) is 51.5 Å². The molecule has 0 saturated heterocycles. The highest BCUT2D eigenvalue weighted by atomic mass is 16.2. The fourth-order valence-corrected chi connectivity index (χ4v) is 4.68. The van der Waals surface area contributed by atoms with Crippen molar-refractivity contribution >= 4 is 5.91 Å². The zero-order valence-corrected chi connectivity index (χ0v) is 19.2. The molecule has 6 nitrogen and oxygen atoms in total. The highest BCUT2D eigenvalue weighted by Gasteiger charge is 2.32. The molecule has 0 radical (unpaired) electrons. The minimum atomic E-state index is -0.0586. The fraction of sp³-hybridized carbons (Fsp3) is 0.259. The molecule has 2 aromatic carbocycles. The Balaban J connectivity index is 1.50. The van der Waals surface area contributed by atoms with Crippen LogP contribution in [-0.4, -0.2) is 37.1 Å². The zero-order valence-electron chi connectivity index (χ0n) is 19.2. The van der Waals surface area contributed by atoms with Gasteiger partial charge in [-0.05, 0) is 62.4 Å². The van der Waals surface area contributed by atoms with E-state index in [0.29, 0.717) is 18.2 Å². The monoisotopic (exact) mass is 437 g/mol. The van der Waals surface area contributed by atoms with Gasteiger partial charge in [0.25, 0.3) is 11.9 Å². The third-order valence-electron chi connectivity index (χ3n) is 6.21. The van der Waals surface area contributed by atoms with E-state index < -0.39 is 0 Å². The molecule has 4 aromatic rings. The Morgan fingerprint density at radius 3 is 2.39 bits per heavy atom. The Kier molecular flexibility index (Phi) is 5.50. The van der Waals surface area contributed by atoms with E-state index in [9.17, 15) is 4.79 Å². The molecule has 33 heavy (non-hydrogen) atoms. The van der Waals surface area contributed by atoms with Gasteiger partial charge in [0.05, 0.1) is 6.04 Å². The first kappa shape index (κ1) is 21.1. The number of hydrogen-bond donors (Lipinski definition) is 0. The number of hydrogen-bond acceptors (Lipinski definition) is 4. The maximum absolute atomic E-state index is 13.8. The van der Waals surface area contributed by atoms with Crippen molar-refractivity contribution in [2.24, 2.45) is 0 Å². The summed E-state index contributed by atoms with van der Waals surface area (Å²) in [5.41, 5.74) is 6.74. The normalized spacial score (nSPS) is 15.4. The molecular formula is C27H27N5O. The summed E-state index contributed by atoms with van der Waals surface area (Å²) in [4.78, 5) is 24.8. The summed E-state index contributed by atoms with van der Waals surface area (Å²) in [5, 5.41) is 4.64. The largest absolute Gasteiger partial charge is 0.330 e. The molecule has 0 N–H and O–H groups in total. The van der Waals surface area contributed by atoms with Crippen molar-refractivity contribution in [3.05, 3.63) is 106 Å². The summed E-state index contributed by atoms with van der Waals surface area (Å²) < 4.78 is 1.66. The highest BCUT2D eigenvalue weighted by Crippen LogP contribution is 2.33. The van der Waals surface area contributed by atoms with Gasteiger partial charge in [-0.15, -0.1) is 0 Å². The lowest BCUT2D eigenvalue weighted by molar-refractivity contribution is 0.0653. The number of carbonyl (C=O) groups is 1. The van der Waals surface area contributed by atoms with Gasteiger partial charge in [-0.25, -0.2) is 14.6 Å². The summed E-state index contributed by atoms with van der Waals surface area (Å²) in [5.74, 6) is 0.436. The van der Waals surface area contributed by atoms with Crippen LogP contribution in [0.1, 0.15) is 50.3 Å². The first-order valence-corrected chi connectivity index (χ1v) is 11.3. The van der Waals surface area contributed by atoms with Crippen LogP contribution in [0.15, 0.2) is 66.7 Å². The van der Waals surface area contributed by atoms with Gasteiger partial charge < -0.3 is 4.90 Å². The van der Waals surface area contributed by atoms with Crippen LogP contribution in [0.4, 0.5) is 0 Å². The number of fused-ring (bicyclic) bond motifs is 1. The molecule has 2 aromatic heterocycles. The molecule has 0 saturated carbocycles. The van der Waals surface area contributed by atoms with Crippen molar-refractivity contribution in [3.8, 4) is 5.95 Å². The second kappa shape index (κ2) is 8.62. The minimum absolute atomic E-state index is 0.0345. The van der Waals surface area contributed by atoms with E-state index in [1.54, 1.807) is 4.68 Å². The van der Waals surface area contributed by atoms with Gasteiger partial charge in [-0.3, -0.25) is 4.79 Å². The summed E-state index contributed by atoms with van der Waals surface area (Å²) in [6.07, 6.45) is 1.61. The number of aryl methyl sites for hydroxylation is 3. The Bertz CT molecular complexity index is 1290. The third kappa shape index (κ3) is 4.16. The second-order valence-corrected chi connectivity index (χ2v) is 8.69. The van der Waals surface area contributed by atoms with E-state index in [4.69, 9.17) is 0 Å². The van der Waals surface area contributed by atoms with Gasteiger partial charge in [0.2, 0.25) is 0 Å².